The summed E-state index contributed by atoms with van der Waals surface area (Å²) in [5.74, 6) is -2.18. The van der Waals surface area contributed by atoms with Crippen LogP contribution in [0.15, 0.2) is 48.6 Å². The van der Waals surface area contributed by atoms with Crippen LogP contribution < -0.4 is 0 Å². The largest absolute Gasteiger partial charge is 0.472 e. The van der Waals surface area contributed by atoms with Gasteiger partial charge < -0.3 is 33.8 Å². The lowest BCUT2D eigenvalue weighted by atomic mass is 10.0. The molecule has 0 fully saturated rings. The highest BCUT2D eigenvalue weighted by Gasteiger charge is 2.30. The Hall–Kier alpha value is -2.98. The minimum atomic E-state index is -4.97. The predicted octanol–water partition coefficient (Wildman–Crippen LogP) is 20.2. The topological polar surface area (TPSA) is 237 Å². The highest BCUT2D eigenvalue weighted by molar-refractivity contribution is 7.47. The summed E-state index contributed by atoms with van der Waals surface area (Å²) >= 11 is 0. The number of esters is 4. The molecule has 532 valence electrons. The molecule has 0 bridgehead atoms. The molecule has 0 amide bonds. The van der Waals surface area contributed by atoms with E-state index in [9.17, 15) is 43.2 Å². The number of rotatable bonds is 69. The van der Waals surface area contributed by atoms with Gasteiger partial charge in [0.05, 0.1) is 26.4 Å². The number of hydrogen-bond acceptors (Lipinski definition) is 15. The van der Waals surface area contributed by atoms with Crippen LogP contribution in [-0.2, 0) is 65.4 Å². The van der Waals surface area contributed by atoms with Crippen molar-refractivity contribution in [3.8, 4) is 0 Å². The molecule has 0 aromatic rings. The van der Waals surface area contributed by atoms with Crippen molar-refractivity contribution < 1.29 is 80.2 Å². The van der Waals surface area contributed by atoms with E-state index in [2.05, 4.69) is 76.3 Å². The Morgan fingerprint density at radius 1 is 0.308 bits per heavy atom. The van der Waals surface area contributed by atoms with Crippen molar-refractivity contribution >= 4 is 39.5 Å². The number of carbonyl (C=O) groups excluding carboxylic acids is 4. The molecule has 0 spiro atoms. The van der Waals surface area contributed by atoms with Gasteiger partial charge in [-0.1, -0.05) is 275 Å². The van der Waals surface area contributed by atoms with Crippen LogP contribution in [0.25, 0.3) is 0 Å². The van der Waals surface area contributed by atoms with E-state index in [1.807, 2.05) is 0 Å². The smallest absolute Gasteiger partial charge is 0.462 e. The van der Waals surface area contributed by atoms with E-state index in [1.54, 1.807) is 0 Å². The predicted molar refractivity (Wildman–Crippen MR) is 367 cm³/mol. The second-order valence-electron chi connectivity index (χ2n) is 24.6. The summed E-state index contributed by atoms with van der Waals surface area (Å²) < 4.78 is 68.2. The first-order valence-corrected chi connectivity index (χ1v) is 39.4. The van der Waals surface area contributed by atoms with Gasteiger partial charge in [-0.25, -0.2) is 9.13 Å². The minimum Gasteiger partial charge on any atom is -0.462 e. The molecule has 0 saturated heterocycles. The summed E-state index contributed by atoms with van der Waals surface area (Å²) in [6, 6.07) is 0. The first-order valence-electron chi connectivity index (χ1n) is 36.4. The highest BCUT2D eigenvalue weighted by Crippen LogP contribution is 2.45. The van der Waals surface area contributed by atoms with Crippen LogP contribution >= 0.6 is 15.6 Å². The number of unbranched alkanes of at least 4 members (excludes halogenated alkanes) is 37. The molecule has 2 unspecified atom stereocenters. The number of ether oxygens (including phenoxy) is 4. The number of phosphoric ester groups is 2. The van der Waals surface area contributed by atoms with E-state index in [0.29, 0.717) is 25.7 Å². The summed E-state index contributed by atoms with van der Waals surface area (Å²) in [5.41, 5.74) is 0. The molecule has 0 aromatic heterocycles. The van der Waals surface area contributed by atoms with E-state index in [0.717, 1.165) is 128 Å². The Labute approximate surface area is 553 Å². The van der Waals surface area contributed by atoms with E-state index >= 15 is 0 Å². The Kier molecular flexibility index (Phi) is 63.5. The third-order valence-corrected chi connectivity index (χ3v) is 17.5. The van der Waals surface area contributed by atoms with Crippen LogP contribution in [0, 0.1) is 0 Å². The maximum absolute atomic E-state index is 13.0. The fourth-order valence-corrected chi connectivity index (χ4v) is 11.5. The summed E-state index contributed by atoms with van der Waals surface area (Å²) in [7, 11) is -9.92. The van der Waals surface area contributed by atoms with Crippen molar-refractivity contribution in [2.24, 2.45) is 0 Å². The van der Waals surface area contributed by atoms with Crippen molar-refractivity contribution in [3.63, 3.8) is 0 Å². The molecule has 17 nitrogen and oxygen atoms in total. The monoisotopic (exact) mass is 1330 g/mol. The van der Waals surface area contributed by atoms with Gasteiger partial charge in [0.15, 0.2) is 12.2 Å². The molecule has 0 aromatic carbocycles. The lowest BCUT2D eigenvalue weighted by Crippen LogP contribution is -2.30. The minimum absolute atomic E-state index is 0.0785. The lowest BCUT2D eigenvalue weighted by molar-refractivity contribution is -0.161. The quantitative estimate of drug-likeness (QED) is 0.0169. The molecule has 91 heavy (non-hydrogen) atoms. The third-order valence-electron chi connectivity index (χ3n) is 15.6. The Morgan fingerprint density at radius 2 is 0.527 bits per heavy atom. The Morgan fingerprint density at radius 3 is 0.802 bits per heavy atom. The van der Waals surface area contributed by atoms with Gasteiger partial charge >= 0.3 is 39.5 Å². The van der Waals surface area contributed by atoms with Crippen molar-refractivity contribution in [3.05, 3.63) is 48.6 Å². The van der Waals surface area contributed by atoms with Crippen LogP contribution in [0.1, 0.15) is 329 Å². The SMILES string of the molecule is CCCCCC/C=C\C=C/CCCCCCCC(=O)OC[C@H](COP(=O)(O)OC[C@@H](O)COP(=O)(O)OC[C@@H](COC(=O)CCCCCCCCCC)OC(=O)CCCCCCCCCCCCCCC)OC(=O)CCCCCCC/C=C\C=C/CCCCCC. The molecule has 0 radical (unpaired) electrons. The van der Waals surface area contributed by atoms with Gasteiger partial charge in [-0.05, 0) is 77.0 Å². The molecule has 0 aliphatic heterocycles. The normalized spacial score (nSPS) is 14.3. The molecule has 19 heteroatoms. The molecule has 0 saturated carbocycles. The van der Waals surface area contributed by atoms with Gasteiger partial charge in [0.2, 0.25) is 0 Å². The second-order valence-corrected chi connectivity index (χ2v) is 27.5. The summed E-state index contributed by atoms with van der Waals surface area (Å²) in [5, 5.41) is 10.6. The maximum Gasteiger partial charge on any atom is 0.472 e. The average molecular weight is 1330 g/mol. The van der Waals surface area contributed by atoms with Crippen LogP contribution in [0.3, 0.4) is 0 Å². The molecular weight excluding hydrogens is 1200 g/mol. The van der Waals surface area contributed by atoms with Gasteiger partial charge in [-0.3, -0.25) is 37.3 Å². The van der Waals surface area contributed by atoms with E-state index in [1.165, 1.54) is 122 Å². The van der Waals surface area contributed by atoms with E-state index < -0.39 is 97.5 Å². The molecule has 0 aliphatic carbocycles. The summed E-state index contributed by atoms with van der Waals surface area (Å²) in [6.45, 7) is 4.80. The summed E-state index contributed by atoms with van der Waals surface area (Å²) in [4.78, 5) is 72.5. The Balaban J connectivity index is 5.30. The fraction of sp³-hybridized carbons (Fsp3) is 0.833. The second kappa shape index (κ2) is 65.7. The summed E-state index contributed by atoms with van der Waals surface area (Å²) in [6.07, 6.45) is 59.8. The molecular formula is C72H132O17P2. The van der Waals surface area contributed by atoms with Gasteiger partial charge in [0.1, 0.15) is 19.3 Å². The van der Waals surface area contributed by atoms with Crippen LogP contribution in [0.4, 0.5) is 0 Å². The third kappa shape index (κ3) is 65.5. The van der Waals surface area contributed by atoms with Gasteiger partial charge in [-0.15, -0.1) is 0 Å². The van der Waals surface area contributed by atoms with Crippen molar-refractivity contribution in [2.75, 3.05) is 39.6 Å². The number of allylic oxidation sites excluding steroid dienone is 8. The highest BCUT2D eigenvalue weighted by atomic mass is 31.2. The number of aliphatic hydroxyl groups is 1. The Bertz CT molecular complexity index is 1930. The maximum atomic E-state index is 13.0. The van der Waals surface area contributed by atoms with Crippen molar-refractivity contribution in [2.45, 2.75) is 348 Å². The van der Waals surface area contributed by atoms with Crippen LogP contribution in [0.5, 0.6) is 0 Å². The number of hydrogen-bond donors (Lipinski definition) is 3. The number of aliphatic hydroxyl groups excluding tert-OH is 1. The molecule has 3 N–H and O–H groups in total. The lowest BCUT2D eigenvalue weighted by Gasteiger charge is -2.21. The van der Waals surface area contributed by atoms with Gasteiger partial charge in [0.25, 0.3) is 0 Å². The van der Waals surface area contributed by atoms with Crippen molar-refractivity contribution in [1.29, 1.82) is 0 Å². The molecule has 0 heterocycles. The zero-order chi connectivity index (χ0) is 66.8. The average Bonchev–Trinajstić information content (AvgIpc) is 2.35. The standard InChI is InChI=1S/C72H132O17P2/c1-5-9-13-17-21-25-28-31-33-36-38-41-45-49-53-57-70(75)83-63-68(89-72(77)59-55-51-47-43-40-37-34-32-29-26-22-18-14-10-6-2)65-87-91(80,81)85-61-66(73)60-84-90(78,79)86-64-67(62-82-69(74)56-52-48-44-24-20-16-12-8-4)88-71(76)58-54-50-46-42-39-35-30-27-23-19-15-11-7-3/h25-26,28-29,31-34,66-68,73H,5-24,27,30,35-65H2,1-4H3,(H,78,79)(H,80,81)/b28-25-,29-26-,33-31-,34-32-/t66-,67+,68+/m0/s1. The molecule has 5 atom stereocenters. The number of carbonyl (C=O) groups is 4. The zero-order valence-electron chi connectivity index (χ0n) is 57.8. The van der Waals surface area contributed by atoms with Crippen LogP contribution in [-0.4, -0.2) is 96.7 Å². The van der Waals surface area contributed by atoms with E-state index in [-0.39, 0.29) is 25.7 Å². The van der Waals surface area contributed by atoms with Gasteiger partial charge in [0, 0.05) is 25.7 Å². The van der Waals surface area contributed by atoms with Crippen molar-refractivity contribution in [1.82, 2.24) is 0 Å². The van der Waals surface area contributed by atoms with Gasteiger partial charge in [-0.2, -0.15) is 0 Å². The first kappa shape index (κ1) is 88.0. The zero-order valence-corrected chi connectivity index (χ0v) is 59.6. The fourth-order valence-electron chi connectivity index (χ4n) is 9.97. The molecule has 0 aliphatic rings. The molecule has 0 rings (SSSR count). The first-order chi connectivity index (χ1) is 44.2. The van der Waals surface area contributed by atoms with E-state index in [4.69, 9.17) is 37.0 Å². The van der Waals surface area contributed by atoms with Crippen LogP contribution in [0.2, 0.25) is 0 Å². The number of phosphoric acid groups is 2.